The summed E-state index contributed by atoms with van der Waals surface area (Å²) >= 11 is 0. The topological polar surface area (TPSA) is 114 Å². The van der Waals surface area contributed by atoms with Crippen molar-refractivity contribution < 1.29 is 8.42 Å². The number of sulfonamides is 1. The Morgan fingerprint density at radius 1 is 1.10 bits per heavy atom. The van der Waals surface area contributed by atoms with E-state index in [4.69, 9.17) is 0 Å². The van der Waals surface area contributed by atoms with Crippen LogP contribution in [0.15, 0.2) is 51.0 Å². The van der Waals surface area contributed by atoms with E-state index in [9.17, 15) is 18.0 Å². The molecule has 3 aromatic rings. The molecule has 2 aromatic heterocycles. The molecule has 166 valence electrons. The maximum absolute atomic E-state index is 13.1. The number of rotatable bonds is 5. The highest BCUT2D eigenvalue weighted by atomic mass is 32.2. The molecule has 0 aliphatic heterocycles. The van der Waals surface area contributed by atoms with Crippen LogP contribution < -0.4 is 16.0 Å². The van der Waals surface area contributed by atoms with Crippen molar-refractivity contribution in [3.63, 3.8) is 0 Å². The molecule has 0 aliphatic rings. The number of hydrogen-bond acceptors (Lipinski definition) is 5. The zero-order valence-electron chi connectivity index (χ0n) is 18.6. The minimum Gasteiger partial charge on any atom is -0.281 e. The SMILES string of the molecule is CC(C)C(NS(=O)(=O)c1cnc2c(c1)c(=O)[nH]c(=O)n2C)c1ccc(C(C)(C)C)cc1. The molecule has 0 bridgehead atoms. The van der Waals surface area contributed by atoms with Gasteiger partial charge in [0.05, 0.1) is 5.39 Å². The van der Waals surface area contributed by atoms with Gasteiger partial charge in [0.15, 0.2) is 0 Å². The van der Waals surface area contributed by atoms with Crippen molar-refractivity contribution >= 4 is 21.1 Å². The average Bonchev–Trinajstić information content (AvgIpc) is 2.69. The van der Waals surface area contributed by atoms with Crippen LogP contribution in [-0.2, 0) is 22.5 Å². The van der Waals surface area contributed by atoms with Crippen molar-refractivity contribution in [1.29, 1.82) is 0 Å². The molecule has 0 radical (unpaired) electrons. The lowest BCUT2D eigenvalue weighted by molar-refractivity contribution is 0.462. The summed E-state index contributed by atoms with van der Waals surface area (Å²) in [6, 6.07) is 8.67. The maximum Gasteiger partial charge on any atom is 0.329 e. The van der Waals surface area contributed by atoms with Crippen LogP contribution in [0, 0.1) is 5.92 Å². The van der Waals surface area contributed by atoms with Gasteiger partial charge in [-0.15, -0.1) is 0 Å². The van der Waals surface area contributed by atoms with E-state index in [2.05, 4.69) is 35.5 Å². The van der Waals surface area contributed by atoms with Crippen molar-refractivity contribution in [2.24, 2.45) is 13.0 Å². The monoisotopic (exact) mass is 444 g/mol. The van der Waals surface area contributed by atoms with Gasteiger partial charge in [0.2, 0.25) is 10.0 Å². The molecule has 2 heterocycles. The molecule has 1 atom stereocenters. The van der Waals surface area contributed by atoms with E-state index in [1.54, 1.807) is 0 Å². The number of aryl methyl sites for hydroxylation is 1. The van der Waals surface area contributed by atoms with Crippen molar-refractivity contribution in [1.82, 2.24) is 19.3 Å². The van der Waals surface area contributed by atoms with Crippen LogP contribution >= 0.6 is 0 Å². The van der Waals surface area contributed by atoms with Gasteiger partial charge in [-0.3, -0.25) is 14.3 Å². The second-order valence-electron chi connectivity index (χ2n) is 9.08. The van der Waals surface area contributed by atoms with E-state index >= 15 is 0 Å². The average molecular weight is 445 g/mol. The van der Waals surface area contributed by atoms with Gasteiger partial charge in [-0.25, -0.2) is 22.9 Å². The van der Waals surface area contributed by atoms with Crippen LogP contribution in [0.25, 0.3) is 11.0 Å². The molecule has 2 N–H and O–H groups in total. The fourth-order valence-electron chi connectivity index (χ4n) is 3.38. The Morgan fingerprint density at radius 3 is 2.26 bits per heavy atom. The zero-order valence-corrected chi connectivity index (χ0v) is 19.4. The van der Waals surface area contributed by atoms with Crippen LogP contribution in [-0.4, -0.2) is 23.0 Å². The molecule has 9 heteroatoms. The molecular weight excluding hydrogens is 416 g/mol. The van der Waals surface area contributed by atoms with E-state index in [-0.39, 0.29) is 27.3 Å². The first-order valence-corrected chi connectivity index (χ1v) is 11.5. The molecule has 0 spiro atoms. The summed E-state index contributed by atoms with van der Waals surface area (Å²) in [5.41, 5.74) is 0.824. The first-order valence-electron chi connectivity index (χ1n) is 10.0. The van der Waals surface area contributed by atoms with Crippen LogP contribution in [0.4, 0.5) is 0 Å². The third-order valence-corrected chi connectivity index (χ3v) is 6.73. The summed E-state index contributed by atoms with van der Waals surface area (Å²) < 4.78 is 30.1. The normalized spacial score (nSPS) is 13.6. The molecule has 31 heavy (non-hydrogen) atoms. The van der Waals surface area contributed by atoms with Gasteiger partial charge in [0.1, 0.15) is 10.5 Å². The lowest BCUT2D eigenvalue weighted by Crippen LogP contribution is -2.33. The number of pyridine rings is 1. The van der Waals surface area contributed by atoms with Gasteiger partial charge in [-0.2, -0.15) is 0 Å². The Morgan fingerprint density at radius 2 is 1.71 bits per heavy atom. The van der Waals surface area contributed by atoms with Gasteiger partial charge in [0.25, 0.3) is 5.56 Å². The Balaban J connectivity index is 2.00. The zero-order chi connectivity index (χ0) is 23.1. The quantitative estimate of drug-likeness (QED) is 0.628. The van der Waals surface area contributed by atoms with Crippen molar-refractivity contribution in [2.45, 2.75) is 51.0 Å². The number of nitrogens with one attached hydrogen (secondary N) is 2. The first kappa shape index (κ1) is 22.9. The predicted molar refractivity (Wildman–Crippen MR) is 121 cm³/mol. The fourth-order valence-corrected chi connectivity index (χ4v) is 4.72. The molecule has 3 rings (SSSR count). The summed E-state index contributed by atoms with van der Waals surface area (Å²) in [4.78, 5) is 30.0. The lowest BCUT2D eigenvalue weighted by atomic mass is 9.85. The van der Waals surface area contributed by atoms with E-state index in [1.807, 2.05) is 38.1 Å². The Bertz CT molecular complexity index is 1330. The van der Waals surface area contributed by atoms with Crippen LogP contribution in [0.1, 0.15) is 51.8 Å². The molecule has 0 aliphatic carbocycles. The van der Waals surface area contributed by atoms with Gasteiger partial charge in [-0.05, 0) is 28.5 Å². The summed E-state index contributed by atoms with van der Waals surface area (Å²) in [6.45, 7) is 10.2. The smallest absolute Gasteiger partial charge is 0.281 e. The molecule has 0 fully saturated rings. The third-order valence-electron chi connectivity index (χ3n) is 5.32. The number of aromatic nitrogens is 3. The Labute approximate surface area is 181 Å². The predicted octanol–water partition coefficient (Wildman–Crippen LogP) is 2.59. The fraction of sp³-hybridized carbons (Fsp3) is 0.409. The molecule has 8 nitrogen and oxygen atoms in total. The number of H-pyrrole nitrogens is 1. The van der Waals surface area contributed by atoms with E-state index in [1.165, 1.54) is 13.1 Å². The highest BCUT2D eigenvalue weighted by Crippen LogP contribution is 2.28. The third kappa shape index (κ3) is 4.62. The Hall–Kier alpha value is -2.78. The van der Waals surface area contributed by atoms with Crippen LogP contribution in [0.2, 0.25) is 0 Å². The minimum atomic E-state index is -3.98. The largest absolute Gasteiger partial charge is 0.329 e. The highest BCUT2D eigenvalue weighted by molar-refractivity contribution is 7.89. The van der Waals surface area contributed by atoms with Crippen molar-refractivity contribution in [3.05, 3.63) is 68.5 Å². The number of nitrogens with zero attached hydrogens (tertiary/aromatic N) is 2. The van der Waals surface area contributed by atoms with E-state index < -0.39 is 27.3 Å². The van der Waals surface area contributed by atoms with Crippen molar-refractivity contribution in [3.8, 4) is 0 Å². The maximum atomic E-state index is 13.1. The van der Waals surface area contributed by atoms with Gasteiger partial charge in [0, 0.05) is 19.3 Å². The second kappa shape index (κ2) is 8.05. The van der Waals surface area contributed by atoms with Gasteiger partial charge < -0.3 is 0 Å². The van der Waals surface area contributed by atoms with Gasteiger partial charge >= 0.3 is 5.69 Å². The number of hydrogen-bond donors (Lipinski definition) is 2. The number of aromatic amines is 1. The summed E-state index contributed by atoms with van der Waals surface area (Å²) in [5.74, 6) is -0.0205. The molecule has 0 saturated carbocycles. The molecule has 0 saturated heterocycles. The Kier molecular flexibility index (Phi) is 5.94. The molecule has 0 amide bonds. The standard InChI is InChI=1S/C22H28N4O4S/c1-13(2)18(14-7-9-15(10-8-14)22(3,4)5)25-31(29,30)16-11-17-19(23-12-16)26(6)21(28)24-20(17)27/h7-13,18,25H,1-6H3,(H,24,27,28). The first-order chi connectivity index (χ1) is 14.3. The van der Waals surface area contributed by atoms with Crippen LogP contribution in [0.3, 0.4) is 0 Å². The summed E-state index contributed by atoms with van der Waals surface area (Å²) in [7, 11) is -2.52. The second-order valence-corrected chi connectivity index (χ2v) is 10.8. The number of benzene rings is 1. The van der Waals surface area contributed by atoms with Crippen LogP contribution in [0.5, 0.6) is 0 Å². The molecule has 1 unspecified atom stereocenters. The number of fused-ring (bicyclic) bond motifs is 1. The minimum absolute atomic E-state index is 0.00468. The lowest BCUT2D eigenvalue weighted by Gasteiger charge is -2.25. The van der Waals surface area contributed by atoms with E-state index in [0.29, 0.717) is 0 Å². The van der Waals surface area contributed by atoms with Gasteiger partial charge in [-0.1, -0.05) is 58.9 Å². The molecule has 1 aromatic carbocycles. The van der Waals surface area contributed by atoms with E-state index in [0.717, 1.165) is 21.9 Å². The van der Waals surface area contributed by atoms with Crippen molar-refractivity contribution in [2.75, 3.05) is 0 Å². The highest BCUT2D eigenvalue weighted by Gasteiger charge is 2.25. The molecular formula is C22H28N4O4S. The summed E-state index contributed by atoms with van der Waals surface area (Å²) in [6.07, 6.45) is 1.16. The summed E-state index contributed by atoms with van der Waals surface area (Å²) in [5, 5.41) is 0.0283.